The van der Waals surface area contributed by atoms with Gasteiger partial charge in [-0.2, -0.15) is 5.10 Å². The minimum absolute atomic E-state index is 0.157. The summed E-state index contributed by atoms with van der Waals surface area (Å²) in [6, 6.07) is -0.157. The van der Waals surface area contributed by atoms with Crippen molar-refractivity contribution in [1.29, 1.82) is 0 Å². The van der Waals surface area contributed by atoms with Crippen molar-refractivity contribution >= 4 is 11.5 Å². The van der Waals surface area contributed by atoms with Gasteiger partial charge in [-0.05, 0) is 24.9 Å². The van der Waals surface area contributed by atoms with E-state index in [2.05, 4.69) is 21.6 Å². The highest BCUT2D eigenvalue weighted by molar-refractivity contribution is 7.05. The van der Waals surface area contributed by atoms with E-state index in [0.29, 0.717) is 0 Å². The second-order valence-corrected chi connectivity index (χ2v) is 4.33. The molecule has 0 aromatic carbocycles. The molecule has 2 rings (SSSR count). The number of hydrogen-bond acceptors (Lipinski definition) is 5. The lowest BCUT2D eigenvalue weighted by Crippen LogP contribution is -2.11. The van der Waals surface area contributed by atoms with Crippen LogP contribution in [0.3, 0.4) is 0 Å². The van der Waals surface area contributed by atoms with Gasteiger partial charge in [-0.1, -0.05) is 11.4 Å². The van der Waals surface area contributed by atoms with E-state index in [1.165, 1.54) is 11.5 Å². The van der Waals surface area contributed by atoms with E-state index in [1.807, 2.05) is 24.0 Å². The Morgan fingerprint density at radius 2 is 2.31 bits per heavy atom. The summed E-state index contributed by atoms with van der Waals surface area (Å²) in [4.78, 5) is 1.04. The molecule has 0 fully saturated rings. The van der Waals surface area contributed by atoms with E-state index < -0.39 is 0 Å². The first-order chi connectivity index (χ1) is 7.76. The molecule has 0 aliphatic rings. The van der Waals surface area contributed by atoms with Crippen molar-refractivity contribution in [3.63, 3.8) is 0 Å². The van der Waals surface area contributed by atoms with Gasteiger partial charge in [-0.15, -0.1) is 5.10 Å². The van der Waals surface area contributed by atoms with Crippen LogP contribution in [0.4, 0.5) is 0 Å². The zero-order chi connectivity index (χ0) is 11.5. The highest BCUT2D eigenvalue weighted by Gasteiger charge is 2.17. The first kappa shape index (κ1) is 11.2. The van der Waals surface area contributed by atoms with Gasteiger partial charge in [-0.25, -0.2) is 0 Å². The smallest absolute Gasteiger partial charge is 0.0804 e. The molecular formula is C10H15N5S. The molecule has 0 saturated heterocycles. The Morgan fingerprint density at radius 1 is 1.50 bits per heavy atom. The summed E-state index contributed by atoms with van der Waals surface area (Å²) in [6.07, 6.45) is 4.65. The summed E-state index contributed by atoms with van der Waals surface area (Å²) < 4.78 is 5.82. The molecule has 1 unspecified atom stereocenters. The fourth-order valence-electron chi connectivity index (χ4n) is 1.56. The second-order valence-electron chi connectivity index (χ2n) is 3.54. The zero-order valence-corrected chi connectivity index (χ0v) is 10.2. The molecule has 2 N–H and O–H groups in total. The molecule has 16 heavy (non-hydrogen) atoms. The monoisotopic (exact) mass is 237 g/mol. The Kier molecular flexibility index (Phi) is 3.31. The van der Waals surface area contributed by atoms with Crippen molar-refractivity contribution in [2.24, 2.45) is 5.73 Å². The van der Waals surface area contributed by atoms with Gasteiger partial charge in [0, 0.05) is 18.3 Å². The number of nitrogens with two attached hydrogens (primary N) is 1. The topological polar surface area (TPSA) is 69.6 Å². The molecule has 6 heteroatoms. The molecule has 0 aliphatic heterocycles. The van der Waals surface area contributed by atoms with Gasteiger partial charge in [0.1, 0.15) is 0 Å². The van der Waals surface area contributed by atoms with Crippen molar-refractivity contribution < 1.29 is 0 Å². The third-order valence-electron chi connectivity index (χ3n) is 2.54. The van der Waals surface area contributed by atoms with Gasteiger partial charge in [-0.3, -0.25) is 4.68 Å². The van der Waals surface area contributed by atoms with Crippen LogP contribution in [0.2, 0.25) is 0 Å². The minimum atomic E-state index is -0.157. The number of hydrogen-bond donors (Lipinski definition) is 1. The van der Waals surface area contributed by atoms with Crippen molar-refractivity contribution in [2.75, 3.05) is 0 Å². The molecule has 2 aromatic rings. The van der Waals surface area contributed by atoms with Crippen LogP contribution in [-0.2, 0) is 13.0 Å². The molecule has 5 nitrogen and oxygen atoms in total. The molecule has 0 amide bonds. The Labute approximate surface area is 98.4 Å². The van der Waals surface area contributed by atoms with Crippen LogP contribution in [-0.4, -0.2) is 19.4 Å². The number of aromatic nitrogens is 4. The Bertz CT molecular complexity index is 461. The maximum Gasteiger partial charge on any atom is 0.0804 e. The molecule has 0 aliphatic carbocycles. The molecule has 86 valence electrons. The first-order valence-electron chi connectivity index (χ1n) is 5.35. The Balaban J connectivity index is 2.27. The molecule has 2 heterocycles. The van der Waals surface area contributed by atoms with Crippen LogP contribution in [0.25, 0.3) is 0 Å². The summed E-state index contributed by atoms with van der Waals surface area (Å²) in [5.74, 6) is 0. The van der Waals surface area contributed by atoms with Gasteiger partial charge in [0.25, 0.3) is 0 Å². The lowest BCUT2D eigenvalue weighted by Gasteiger charge is -2.07. The first-order valence-corrected chi connectivity index (χ1v) is 6.12. The fraction of sp³-hybridized carbons (Fsp3) is 0.500. The number of rotatable bonds is 4. The van der Waals surface area contributed by atoms with Crippen molar-refractivity contribution in [3.05, 3.63) is 28.5 Å². The summed E-state index contributed by atoms with van der Waals surface area (Å²) in [7, 11) is 0. The van der Waals surface area contributed by atoms with E-state index in [1.54, 1.807) is 0 Å². The van der Waals surface area contributed by atoms with E-state index in [-0.39, 0.29) is 6.04 Å². The standard InChI is InChI=1S/C10H15N5S/c1-3-8-10(16-14-13-8)9(11)7-5-12-15(4-2)6-7/h5-6,9H,3-4,11H2,1-2H3. The third kappa shape index (κ3) is 1.98. The SMILES string of the molecule is CCc1nnsc1C(N)c1cnn(CC)c1. The largest absolute Gasteiger partial charge is 0.319 e. The predicted molar refractivity (Wildman–Crippen MR) is 63.2 cm³/mol. The Morgan fingerprint density at radius 3 is 2.94 bits per heavy atom. The van der Waals surface area contributed by atoms with E-state index >= 15 is 0 Å². The van der Waals surface area contributed by atoms with Crippen molar-refractivity contribution in [1.82, 2.24) is 19.4 Å². The zero-order valence-electron chi connectivity index (χ0n) is 9.42. The molecule has 0 saturated carbocycles. The predicted octanol–water partition coefficient (Wildman–Crippen LogP) is 1.36. The molecule has 0 radical (unpaired) electrons. The average molecular weight is 237 g/mol. The number of nitrogens with zero attached hydrogens (tertiary/aromatic N) is 4. The summed E-state index contributed by atoms with van der Waals surface area (Å²) >= 11 is 1.37. The molecular weight excluding hydrogens is 222 g/mol. The van der Waals surface area contributed by atoms with Crippen LogP contribution < -0.4 is 5.73 Å². The van der Waals surface area contributed by atoms with Gasteiger partial charge in [0.2, 0.25) is 0 Å². The summed E-state index contributed by atoms with van der Waals surface area (Å²) in [5, 5.41) is 8.29. The van der Waals surface area contributed by atoms with Gasteiger partial charge >= 0.3 is 0 Å². The van der Waals surface area contributed by atoms with Crippen LogP contribution in [0, 0.1) is 0 Å². The highest BCUT2D eigenvalue weighted by Crippen LogP contribution is 2.24. The second kappa shape index (κ2) is 4.71. The van der Waals surface area contributed by atoms with Gasteiger partial charge in [0.15, 0.2) is 0 Å². The normalized spacial score (nSPS) is 12.9. The van der Waals surface area contributed by atoms with Crippen molar-refractivity contribution in [3.8, 4) is 0 Å². The van der Waals surface area contributed by atoms with Crippen LogP contribution in [0.1, 0.15) is 36.0 Å². The van der Waals surface area contributed by atoms with Gasteiger partial charge in [0.05, 0.1) is 22.8 Å². The van der Waals surface area contributed by atoms with Crippen LogP contribution in [0.5, 0.6) is 0 Å². The van der Waals surface area contributed by atoms with E-state index in [4.69, 9.17) is 5.73 Å². The molecule has 1 atom stereocenters. The molecule has 0 bridgehead atoms. The molecule has 2 aromatic heterocycles. The highest BCUT2D eigenvalue weighted by atomic mass is 32.1. The average Bonchev–Trinajstić information content (AvgIpc) is 2.96. The molecule has 0 spiro atoms. The fourth-order valence-corrected chi connectivity index (χ4v) is 2.33. The quantitative estimate of drug-likeness (QED) is 0.871. The third-order valence-corrected chi connectivity index (χ3v) is 3.39. The maximum atomic E-state index is 6.18. The summed E-state index contributed by atoms with van der Waals surface area (Å²) in [6.45, 7) is 4.96. The van der Waals surface area contributed by atoms with Crippen molar-refractivity contribution in [2.45, 2.75) is 32.9 Å². The summed E-state index contributed by atoms with van der Waals surface area (Å²) in [5.41, 5.74) is 8.19. The minimum Gasteiger partial charge on any atom is -0.319 e. The van der Waals surface area contributed by atoms with E-state index in [0.717, 1.165) is 29.1 Å². The number of aryl methyl sites for hydroxylation is 2. The van der Waals surface area contributed by atoms with E-state index in [9.17, 15) is 0 Å². The lowest BCUT2D eigenvalue weighted by molar-refractivity contribution is 0.658. The van der Waals surface area contributed by atoms with Crippen LogP contribution in [0.15, 0.2) is 12.4 Å². The Hall–Kier alpha value is -1.27. The lowest BCUT2D eigenvalue weighted by atomic mass is 10.1. The van der Waals surface area contributed by atoms with Gasteiger partial charge < -0.3 is 5.73 Å². The van der Waals surface area contributed by atoms with Crippen LogP contribution >= 0.6 is 11.5 Å². The maximum absolute atomic E-state index is 6.18.